The van der Waals surface area contributed by atoms with E-state index in [-0.39, 0.29) is 73.2 Å². The first-order valence-electron chi connectivity index (χ1n) is 20.8. The molecule has 340 valence electrons. The van der Waals surface area contributed by atoms with Gasteiger partial charge in [-0.3, -0.25) is 9.59 Å². The Morgan fingerprint density at radius 3 is 1.31 bits per heavy atom. The van der Waals surface area contributed by atoms with E-state index in [2.05, 4.69) is 20.6 Å². The van der Waals surface area contributed by atoms with Gasteiger partial charge in [-0.2, -0.15) is 26.3 Å². The summed E-state index contributed by atoms with van der Waals surface area (Å²) in [6.45, 7) is 5.32. The molecule has 8 rings (SSSR count). The van der Waals surface area contributed by atoms with Crippen LogP contribution in [0.15, 0.2) is 36.7 Å². The summed E-state index contributed by atoms with van der Waals surface area (Å²) in [6.07, 6.45) is -2.46. The molecule has 0 unspecified atom stereocenters. The Balaban J connectivity index is 0.000000186. The van der Waals surface area contributed by atoms with Crippen LogP contribution in [-0.4, -0.2) is 157 Å². The van der Waals surface area contributed by atoms with E-state index < -0.39 is 23.7 Å². The SMILES string of the molecule is O=C1CO[C@@H]2CCN(C(=O)N3CCC(COc4ccc(C(F)(F)F)nc4)CC3)C[C@@H]2N1.O=C1CO[C@H]2CCN(C(=O)N3CCC(COc4ccc(C(F)(F)F)nc4)CC3)C[C@H]2N1. The minimum atomic E-state index is -4.47. The number of piperidine rings is 4. The van der Waals surface area contributed by atoms with Crippen LogP contribution in [0, 0.1) is 11.8 Å². The first-order valence-corrected chi connectivity index (χ1v) is 20.8. The van der Waals surface area contributed by atoms with Gasteiger partial charge in [-0.05, 0) is 74.6 Å². The van der Waals surface area contributed by atoms with Gasteiger partial charge in [0, 0.05) is 52.4 Å². The lowest BCUT2D eigenvalue weighted by Gasteiger charge is -2.43. The van der Waals surface area contributed by atoms with E-state index in [1.807, 2.05) is 9.80 Å². The number of hydrogen-bond donors (Lipinski definition) is 2. The van der Waals surface area contributed by atoms with E-state index in [1.54, 1.807) is 9.80 Å². The van der Waals surface area contributed by atoms with E-state index in [9.17, 15) is 45.5 Å². The van der Waals surface area contributed by atoms with Gasteiger partial charge in [-0.25, -0.2) is 19.6 Å². The number of rotatable bonds is 6. The molecule has 0 radical (unpaired) electrons. The monoisotopic (exact) mass is 884 g/mol. The lowest BCUT2D eigenvalue weighted by molar-refractivity contribution is -0.142. The molecule has 6 fully saturated rings. The fraction of sp³-hybridized carbons (Fsp3) is 0.650. The molecule has 6 saturated heterocycles. The number of morpholine rings is 2. The van der Waals surface area contributed by atoms with Gasteiger partial charge in [-0.15, -0.1) is 0 Å². The molecule has 0 saturated carbocycles. The van der Waals surface area contributed by atoms with Crippen LogP contribution >= 0.6 is 0 Å². The van der Waals surface area contributed by atoms with Crippen molar-refractivity contribution < 1.29 is 64.5 Å². The molecule has 0 aromatic carbocycles. The molecular formula is C40H50F6N8O8. The number of likely N-dealkylation sites (tertiary alicyclic amines) is 4. The molecular weight excluding hydrogens is 834 g/mol. The summed E-state index contributed by atoms with van der Waals surface area (Å²) in [7, 11) is 0. The van der Waals surface area contributed by atoms with Crippen molar-refractivity contribution in [3.8, 4) is 11.5 Å². The lowest BCUT2D eigenvalue weighted by atomic mass is 9.97. The van der Waals surface area contributed by atoms with Crippen LogP contribution in [0.5, 0.6) is 11.5 Å². The number of carbonyl (C=O) groups excluding carboxylic acids is 4. The highest BCUT2D eigenvalue weighted by Gasteiger charge is 2.40. The fourth-order valence-electron chi connectivity index (χ4n) is 8.42. The molecule has 62 heavy (non-hydrogen) atoms. The Kier molecular flexibility index (Phi) is 14.1. The number of alkyl halides is 6. The number of fused-ring (bicyclic) bond motifs is 2. The molecule has 2 aromatic rings. The number of hydrogen-bond acceptors (Lipinski definition) is 10. The molecule has 2 aromatic heterocycles. The quantitative estimate of drug-likeness (QED) is 0.408. The Morgan fingerprint density at radius 1 is 0.597 bits per heavy atom. The average Bonchev–Trinajstić information content (AvgIpc) is 3.27. The second-order valence-electron chi connectivity index (χ2n) is 16.3. The van der Waals surface area contributed by atoms with Gasteiger partial charge in [-0.1, -0.05) is 0 Å². The molecule has 2 N–H and O–H groups in total. The van der Waals surface area contributed by atoms with Crippen molar-refractivity contribution in [1.29, 1.82) is 0 Å². The van der Waals surface area contributed by atoms with Crippen molar-refractivity contribution in [1.82, 2.24) is 40.2 Å². The van der Waals surface area contributed by atoms with Crippen LogP contribution in [0.4, 0.5) is 35.9 Å². The Morgan fingerprint density at radius 2 is 0.968 bits per heavy atom. The molecule has 22 heteroatoms. The molecule has 6 aliphatic heterocycles. The Bertz CT molecular complexity index is 1730. The van der Waals surface area contributed by atoms with E-state index >= 15 is 0 Å². The van der Waals surface area contributed by atoms with Crippen molar-refractivity contribution in [3.05, 3.63) is 48.0 Å². The summed E-state index contributed by atoms with van der Waals surface area (Å²) >= 11 is 0. The van der Waals surface area contributed by atoms with Crippen molar-refractivity contribution in [2.24, 2.45) is 11.8 Å². The third-order valence-electron chi connectivity index (χ3n) is 12.0. The van der Waals surface area contributed by atoms with Gasteiger partial charge < -0.3 is 49.2 Å². The fourth-order valence-corrected chi connectivity index (χ4v) is 8.42. The van der Waals surface area contributed by atoms with Gasteiger partial charge in [0.1, 0.15) is 36.1 Å². The number of amides is 6. The van der Waals surface area contributed by atoms with Crippen LogP contribution in [0.3, 0.4) is 0 Å². The van der Waals surface area contributed by atoms with Crippen LogP contribution in [0.1, 0.15) is 49.9 Å². The third kappa shape index (κ3) is 11.7. The minimum absolute atomic E-state index is 0.0374. The molecule has 8 heterocycles. The summed E-state index contributed by atoms with van der Waals surface area (Å²) in [6, 6.07) is 3.94. The van der Waals surface area contributed by atoms with Crippen molar-refractivity contribution in [3.63, 3.8) is 0 Å². The number of nitrogens with zero attached hydrogens (tertiary/aromatic N) is 6. The van der Waals surface area contributed by atoms with Gasteiger partial charge in [0.25, 0.3) is 0 Å². The molecule has 6 aliphatic rings. The number of urea groups is 2. The highest BCUT2D eigenvalue weighted by molar-refractivity contribution is 5.79. The van der Waals surface area contributed by atoms with Crippen molar-refractivity contribution >= 4 is 23.9 Å². The van der Waals surface area contributed by atoms with Crippen molar-refractivity contribution in [2.75, 3.05) is 78.8 Å². The first-order chi connectivity index (χ1) is 29.6. The van der Waals surface area contributed by atoms with Crippen LogP contribution in [0.25, 0.3) is 0 Å². The zero-order valence-electron chi connectivity index (χ0n) is 33.9. The maximum absolute atomic E-state index is 12.9. The standard InChI is InChI=1S/2C20H25F3N4O4/c2*21-20(22,23)17-2-1-14(9-24-17)30-11-13-3-6-26(7-4-13)19(29)27-8-5-16-15(10-27)25-18(28)12-31-16/h2*1-2,9,13,15-16H,3-8,10-12H2,(H,25,28)/t2*15-,16+/m10/s1. The van der Waals surface area contributed by atoms with Crippen LogP contribution in [0.2, 0.25) is 0 Å². The van der Waals surface area contributed by atoms with Gasteiger partial charge in [0.05, 0.1) is 49.9 Å². The van der Waals surface area contributed by atoms with Gasteiger partial charge in [0.15, 0.2) is 0 Å². The number of carbonyl (C=O) groups is 4. The predicted molar refractivity (Wildman–Crippen MR) is 205 cm³/mol. The predicted octanol–water partition coefficient (Wildman–Crippen LogP) is 3.80. The number of aromatic nitrogens is 2. The maximum Gasteiger partial charge on any atom is 0.433 e. The van der Waals surface area contributed by atoms with Crippen LogP contribution < -0.4 is 20.1 Å². The third-order valence-corrected chi connectivity index (χ3v) is 12.0. The molecule has 4 atom stereocenters. The molecule has 16 nitrogen and oxygen atoms in total. The maximum atomic E-state index is 12.9. The topological polar surface area (TPSA) is 168 Å². The second kappa shape index (κ2) is 19.5. The largest absolute Gasteiger partial charge is 0.492 e. The second-order valence-corrected chi connectivity index (χ2v) is 16.3. The zero-order valence-corrected chi connectivity index (χ0v) is 33.9. The normalized spacial score (nSPS) is 25.1. The molecule has 6 amide bonds. The summed E-state index contributed by atoms with van der Waals surface area (Å²) in [4.78, 5) is 62.8. The number of ether oxygens (including phenoxy) is 4. The number of halogens is 6. The highest BCUT2D eigenvalue weighted by atomic mass is 19.4. The molecule has 0 spiro atoms. The van der Waals surface area contributed by atoms with Crippen molar-refractivity contribution in [2.45, 2.75) is 75.2 Å². The van der Waals surface area contributed by atoms with Gasteiger partial charge >= 0.3 is 24.4 Å². The average molecular weight is 885 g/mol. The van der Waals surface area contributed by atoms with E-state index in [4.69, 9.17) is 18.9 Å². The first kappa shape index (κ1) is 44.9. The number of nitrogens with one attached hydrogen (secondary N) is 2. The van der Waals surface area contributed by atoms with E-state index in [1.165, 1.54) is 12.1 Å². The highest BCUT2D eigenvalue weighted by Crippen LogP contribution is 2.31. The molecule has 0 aliphatic carbocycles. The Labute approximate surface area is 353 Å². The van der Waals surface area contributed by atoms with Crippen LogP contribution in [-0.2, 0) is 31.4 Å². The van der Waals surface area contributed by atoms with E-state index in [0.29, 0.717) is 89.9 Å². The molecule has 0 bridgehead atoms. The summed E-state index contributed by atoms with van der Waals surface area (Å²) in [5, 5.41) is 5.79. The Hall–Kier alpha value is -5.12. The summed E-state index contributed by atoms with van der Waals surface area (Å²) < 4.78 is 97.7. The van der Waals surface area contributed by atoms with Gasteiger partial charge in [0.2, 0.25) is 11.8 Å². The minimum Gasteiger partial charge on any atom is -0.492 e. The van der Waals surface area contributed by atoms with E-state index in [0.717, 1.165) is 50.2 Å². The summed E-state index contributed by atoms with van der Waals surface area (Å²) in [5.41, 5.74) is -1.90. The zero-order chi connectivity index (χ0) is 44.0. The lowest BCUT2D eigenvalue weighted by Crippen LogP contribution is -2.62. The smallest absolute Gasteiger partial charge is 0.433 e. The summed E-state index contributed by atoms with van der Waals surface area (Å²) in [5.74, 6) is 0.711. The number of pyridine rings is 2.